The first-order chi connectivity index (χ1) is 20.6. The van der Waals surface area contributed by atoms with Crippen LogP contribution in [0.15, 0.2) is 91.0 Å². The molecule has 0 nitrogen and oxygen atoms in total. The number of hydrogen-bond donors (Lipinski definition) is 0. The quantitative estimate of drug-likeness (QED) is 0.112. The second kappa shape index (κ2) is 11.2. The van der Waals surface area contributed by atoms with E-state index in [1.54, 1.807) is 11.1 Å². The molecule has 0 unspecified atom stereocenters. The van der Waals surface area contributed by atoms with Crippen LogP contribution in [0.2, 0.25) is 0 Å². The van der Waals surface area contributed by atoms with Crippen molar-refractivity contribution in [1.29, 1.82) is 0 Å². The lowest BCUT2D eigenvalue weighted by Gasteiger charge is -2.33. The van der Waals surface area contributed by atoms with Crippen LogP contribution in [0.3, 0.4) is 0 Å². The Morgan fingerprint density at radius 2 is 1.07 bits per heavy atom. The maximum absolute atomic E-state index is 2.61. The van der Waals surface area contributed by atoms with Gasteiger partial charge in [-0.3, -0.25) is 0 Å². The van der Waals surface area contributed by atoms with Crippen LogP contribution in [0.1, 0.15) is 94.7 Å². The average Bonchev–Trinajstić information content (AvgIpc) is 3.28. The fourth-order valence-corrected chi connectivity index (χ4v) is 8.13. The van der Waals surface area contributed by atoms with Crippen molar-refractivity contribution in [1.82, 2.24) is 0 Å². The SMILES string of the molecule is CCCCCCC1(CCCCCC)c2cc(C)ccc2-c2ccc(-c3ccc4ccc5cccc6ccc3c4c56)cc21. The molecule has 212 valence electrons. The van der Waals surface area contributed by atoms with Crippen molar-refractivity contribution in [2.75, 3.05) is 0 Å². The van der Waals surface area contributed by atoms with Crippen LogP contribution in [-0.2, 0) is 5.41 Å². The average molecular weight is 549 g/mol. The molecule has 1 aliphatic rings. The van der Waals surface area contributed by atoms with Crippen LogP contribution in [-0.4, -0.2) is 0 Å². The molecule has 0 radical (unpaired) electrons. The van der Waals surface area contributed by atoms with Crippen LogP contribution in [0.25, 0.3) is 54.6 Å². The van der Waals surface area contributed by atoms with Gasteiger partial charge in [0.1, 0.15) is 0 Å². The monoisotopic (exact) mass is 548 g/mol. The zero-order valence-corrected chi connectivity index (χ0v) is 25.7. The number of fused-ring (bicyclic) bond motifs is 3. The standard InChI is InChI=1S/C42H44/c1-4-6-8-10-25-42(26-11-9-7-5-2)38-27-29(3)15-21-35(38)36-23-20-33(28-39(36)42)34-22-18-32-17-16-30-13-12-14-31-19-24-37(34)41(32)40(30)31/h12-24,27-28H,4-11,25-26H2,1-3H3. The minimum absolute atomic E-state index is 0.109. The summed E-state index contributed by atoms with van der Waals surface area (Å²) >= 11 is 0. The van der Waals surface area contributed by atoms with E-state index in [9.17, 15) is 0 Å². The molecule has 0 saturated carbocycles. The summed E-state index contributed by atoms with van der Waals surface area (Å²) in [6.45, 7) is 6.93. The Hall–Kier alpha value is -3.64. The highest BCUT2D eigenvalue weighted by Gasteiger charge is 2.42. The molecule has 0 fully saturated rings. The zero-order valence-electron chi connectivity index (χ0n) is 25.7. The molecule has 6 aromatic rings. The minimum Gasteiger partial charge on any atom is -0.0654 e. The summed E-state index contributed by atoms with van der Waals surface area (Å²) < 4.78 is 0. The molecule has 0 heterocycles. The molecule has 0 heteroatoms. The zero-order chi connectivity index (χ0) is 28.7. The van der Waals surface area contributed by atoms with Gasteiger partial charge in [0.2, 0.25) is 0 Å². The molecule has 7 rings (SSSR count). The Kier molecular flexibility index (Phi) is 7.27. The van der Waals surface area contributed by atoms with Crippen LogP contribution in [0.4, 0.5) is 0 Å². The highest BCUT2D eigenvalue weighted by molar-refractivity contribution is 6.25. The molecule has 0 amide bonds. The summed E-state index contributed by atoms with van der Waals surface area (Å²) in [6.07, 6.45) is 13.0. The lowest BCUT2D eigenvalue weighted by molar-refractivity contribution is 0.401. The molecular formula is C42H44. The predicted molar refractivity (Wildman–Crippen MR) is 184 cm³/mol. The molecule has 0 atom stereocenters. The van der Waals surface area contributed by atoms with Crippen molar-refractivity contribution in [3.05, 3.63) is 108 Å². The number of unbranched alkanes of at least 4 members (excludes halogenated alkanes) is 6. The maximum atomic E-state index is 2.61. The largest absolute Gasteiger partial charge is 0.0654 e. The Balaban J connectivity index is 1.41. The normalized spacial score (nSPS) is 13.8. The third-order valence-electron chi connectivity index (χ3n) is 10.3. The molecule has 0 N–H and O–H groups in total. The van der Waals surface area contributed by atoms with E-state index < -0.39 is 0 Å². The predicted octanol–water partition coefficient (Wildman–Crippen LogP) is 12.8. The maximum Gasteiger partial charge on any atom is 0.0215 e. The van der Waals surface area contributed by atoms with Gasteiger partial charge in [0.05, 0.1) is 0 Å². The van der Waals surface area contributed by atoms with Crippen molar-refractivity contribution in [2.24, 2.45) is 0 Å². The number of aryl methyl sites for hydroxylation is 1. The summed E-state index contributed by atoms with van der Waals surface area (Å²) in [7, 11) is 0. The molecule has 6 aromatic carbocycles. The molecule has 42 heavy (non-hydrogen) atoms. The van der Waals surface area contributed by atoms with E-state index in [2.05, 4.69) is 112 Å². The van der Waals surface area contributed by atoms with Gasteiger partial charge < -0.3 is 0 Å². The second-order valence-corrected chi connectivity index (χ2v) is 13.0. The Morgan fingerprint density at radius 1 is 0.500 bits per heavy atom. The first-order valence-corrected chi connectivity index (χ1v) is 16.6. The number of hydrogen-bond acceptors (Lipinski definition) is 0. The van der Waals surface area contributed by atoms with Crippen molar-refractivity contribution < 1.29 is 0 Å². The van der Waals surface area contributed by atoms with E-state index in [0.717, 1.165) is 0 Å². The Bertz CT molecular complexity index is 1840. The van der Waals surface area contributed by atoms with Crippen LogP contribution < -0.4 is 0 Å². The smallest absolute Gasteiger partial charge is 0.0215 e. The van der Waals surface area contributed by atoms with Crippen molar-refractivity contribution >= 4 is 32.3 Å². The van der Waals surface area contributed by atoms with Crippen LogP contribution in [0, 0.1) is 6.92 Å². The van der Waals surface area contributed by atoms with Gasteiger partial charge in [-0.15, -0.1) is 0 Å². The van der Waals surface area contributed by atoms with E-state index in [0.29, 0.717) is 0 Å². The van der Waals surface area contributed by atoms with Gasteiger partial charge in [-0.1, -0.05) is 156 Å². The van der Waals surface area contributed by atoms with Gasteiger partial charge in [-0.05, 0) is 91.5 Å². The van der Waals surface area contributed by atoms with Gasteiger partial charge in [0.25, 0.3) is 0 Å². The fourth-order valence-electron chi connectivity index (χ4n) is 8.13. The third kappa shape index (κ3) is 4.43. The molecule has 0 spiro atoms. The second-order valence-electron chi connectivity index (χ2n) is 13.0. The molecule has 0 aromatic heterocycles. The molecule has 0 aliphatic heterocycles. The summed E-state index contributed by atoms with van der Waals surface area (Å²) in [4.78, 5) is 0. The van der Waals surface area contributed by atoms with Crippen molar-refractivity contribution in [3.63, 3.8) is 0 Å². The summed E-state index contributed by atoms with van der Waals surface area (Å²) in [5.41, 5.74) is 10.3. The third-order valence-corrected chi connectivity index (χ3v) is 10.3. The van der Waals surface area contributed by atoms with E-state index in [1.165, 1.54) is 124 Å². The van der Waals surface area contributed by atoms with E-state index >= 15 is 0 Å². The van der Waals surface area contributed by atoms with E-state index in [-0.39, 0.29) is 5.41 Å². The van der Waals surface area contributed by atoms with Gasteiger partial charge in [-0.2, -0.15) is 0 Å². The molecule has 1 aliphatic carbocycles. The number of rotatable bonds is 11. The minimum atomic E-state index is 0.109. The molecule has 0 bridgehead atoms. The molecular weight excluding hydrogens is 504 g/mol. The van der Waals surface area contributed by atoms with Crippen molar-refractivity contribution in [2.45, 2.75) is 90.4 Å². The van der Waals surface area contributed by atoms with Crippen LogP contribution >= 0.6 is 0 Å². The van der Waals surface area contributed by atoms with Crippen LogP contribution in [0.5, 0.6) is 0 Å². The summed E-state index contributed by atoms with van der Waals surface area (Å²) in [6, 6.07) is 35.4. The summed E-state index contributed by atoms with van der Waals surface area (Å²) in [5.74, 6) is 0. The first-order valence-electron chi connectivity index (χ1n) is 16.6. The van der Waals surface area contributed by atoms with Gasteiger partial charge in [0.15, 0.2) is 0 Å². The number of benzene rings is 6. The highest BCUT2D eigenvalue weighted by atomic mass is 14.4. The highest BCUT2D eigenvalue weighted by Crippen LogP contribution is 2.55. The van der Waals surface area contributed by atoms with Crippen molar-refractivity contribution in [3.8, 4) is 22.3 Å². The van der Waals surface area contributed by atoms with Gasteiger partial charge in [0, 0.05) is 5.41 Å². The van der Waals surface area contributed by atoms with E-state index in [1.807, 2.05) is 0 Å². The summed E-state index contributed by atoms with van der Waals surface area (Å²) in [5, 5.41) is 8.19. The first kappa shape index (κ1) is 27.2. The lowest BCUT2D eigenvalue weighted by atomic mass is 9.70. The Labute approximate surface area is 252 Å². The lowest BCUT2D eigenvalue weighted by Crippen LogP contribution is -2.25. The topological polar surface area (TPSA) is 0 Å². The fraction of sp³-hybridized carbons (Fsp3) is 0.333. The molecule has 0 saturated heterocycles. The Morgan fingerprint density at radius 3 is 1.76 bits per heavy atom. The van der Waals surface area contributed by atoms with E-state index in [4.69, 9.17) is 0 Å². The van der Waals surface area contributed by atoms with Gasteiger partial charge >= 0.3 is 0 Å². The van der Waals surface area contributed by atoms with Gasteiger partial charge in [-0.25, -0.2) is 0 Å².